The Morgan fingerprint density at radius 1 is 1.33 bits per heavy atom. The fourth-order valence-electron chi connectivity index (χ4n) is 1.02. The van der Waals surface area contributed by atoms with E-state index in [4.69, 9.17) is 22.7 Å². The minimum Gasteiger partial charge on any atom is -0.171 e. The van der Waals surface area contributed by atoms with Crippen molar-refractivity contribution in [3.63, 3.8) is 0 Å². The zero-order chi connectivity index (χ0) is 8.97. The molecule has 0 nitrogen and oxygen atoms in total. The van der Waals surface area contributed by atoms with Crippen LogP contribution in [0.25, 0.3) is 0 Å². The molecule has 0 saturated heterocycles. The van der Waals surface area contributed by atoms with Gasteiger partial charge >= 0.3 is 0 Å². The highest BCUT2D eigenvalue weighted by Gasteiger charge is 2.04. The van der Waals surface area contributed by atoms with Crippen LogP contribution in [0.1, 0.15) is 18.4 Å². The van der Waals surface area contributed by atoms with E-state index in [1.54, 1.807) is 0 Å². The Hall–Kier alpha value is 0.0169. The minimum atomic E-state index is 0.500. The van der Waals surface area contributed by atoms with Crippen LogP contribution in [0.2, 0.25) is 11.1 Å². The van der Waals surface area contributed by atoms with Crippen molar-refractivity contribution in [1.82, 2.24) is 0 Å². The number of hydrogen-bond donors (Lipinski definition) is 0. The van der Waals surface area contributed by atoms with E-state index in [2.05, 4.69) is 19.1 Å². The lowest BCUT2D eigenvalue weighted by atomic mass is 10.0. The second-order valence-electron chi connectivity index (χ2n) is 2.79. The van der Waals surface area contributed by atoms with E-state index in [-0.39, 0.29) is 0 Å². The molecule has 0 N–H and O–H groups in total. The Balaban J connectivity index is 2.68. The summed E-state index contributed by atoms with van der Waals surface area (Å²) in [7, 11) is 0.500. The summed E-state index contributed by atoms with van der Waals surface area (Å²) in [6, 6.07) is 9.01. The maximum atomic E-state index is 5.77. The first-order valence-electron chi connectivity index (χ1n) is 3.83. The summed E-state index contributed by atoms with van der Waals surface area (Å²) in [5, 5.41) is 0.791. The topological polar surface area (TPSA) is 0 Å². The van der Waals surface area contributed by atoms with Crippen LogP contribution in [-0.4, -0.2) is 8.83 Å². The van der Waals surface area contributed by atoms with Crippen LogP contribution in [-0.2, 0) is 0 Å². The van der Waals surface area contributed by atoms with Crippen molar-refractivity contribution in [2.24, 2.45) is 0 Å². The highest BCUT2D eigenvalue weighted by molar-refractivity contribution is 6.93. The zero-order valence-corrected chi connectivity index (χ0v) is 9.36. The van der Waals surface area contributed by atoms with Crippen molar-refractivity contribution in [2.75, 3.05) is 0 Å². The molecular weight excluding hydrogens is 207 g/mol. The average Bonchev–Trinajstić information content (AvgIpc) is 2.06. The van der Waals surface area contributed by atoms with Crippen LogP contribution in [0.4, 0.5) is 0 Å². The zero-order valence-electron chi connectivity index (χ0n) is 6.85. The van der Waals surface area contributed by atoms with Gasteiger partial charge in [0.1, 0.15) is 0 Å². The molecular formula is C9H10Cl2Si. The second-order valence-corrected chi connectivity index (χ2v) is 4.70. The highest BCUT2D eigenvalue weighted by atomic mass is 35.6. The lowest BCUT2D eigenvalue weighted by Crippen LogP contribution is -1.94. The SMILES string of the molecule is CC(C[Si]Cl)c1ccc(Cl)cc1. The molecule has 0 saturated carbocycles. The van der Waals surface area contributed by atoms with Crippen molar-refractivity contribution in [2.45, 2.75) is 18.9 Å². The average molecular weight is 217 g/mol. The van der Waals surface area contributed by atoms with Gasteiger partial charge < -0.3 is 0 Å². The molecule has 0 heterocycles. The van der Waals surface area contributed by atoms with Gasteiger partial charge in [0.25, 0.3) is 0 Å². The molecule has 1 aromatic carbocycles. The normalized spacial score (nSPS) is 12.9. The van der Waals surface area contributed by atoms with Crippen molar-refractivity contribution in [3.05, 3.63) is 34.9 Å². The Morgan fingerprint density at radius 2 is 1.92 bits per heavy atom. The molecule has 0 spiro atoms. The largest absolute Gasteiger partial charge is 0.172 e. The van der Waals surface area contributed by atoms with Crippen LogP contribution in [0.5, 0.6) is 0 Å². The molecule has 0 aromatic heterocycles. The van der Waals surface area contributed by atoms with Crippen molar-refractivity contribution < 1.29 is 0 Å². The van der Waals surface area contributed by atoms with Gasteiger partial charge in [-0.25, -0.2) is 0 Å². The quantitative estimate of drug-likeness (QED) is 0.534. The summed E-state index contributed by atoms with van der Waals surface area (Å²) in [6.07, 6.45) is 0. The molecule has 0 aliphatic heterocycles. The monoisotopic (exact) mass is 216 g/mol. The first kappa shape index (κ1) is 10.1. The van der Waals surface area contributed by atoms with Gasteiger partial charge in [0.05, 0.1) is 0 Å². The molecule has 0 aliphatic rings. The van der Waals surface area contributed by atoms with Gasteiger partial charge in [0, 0.05) is 5.02 Å². The van der Waals surface area contributed by atoms with Crippen molar-refractivity contribution in [3.8, 4) is 0 Å². The van der Waals surface area contributed by atoms with Crippen LogP contribution in [0.15, 0.2) is 24.3 Å². The van der Waals surface area contributed by atoms with E-state index >= 15 is 0 Å². The predicted molar refractivity (Wildman–Crippen MR) is 56.3 cm³/mol. The molecule has 64 valence electrons. The van der Waals surface area contributed by atoms with Gasteiger partial charge in [-0.05, 0) is 29.7 Å². The van der Waals surface area contributed by atoms with Gasteiger partial charge in [-0.3, -0.25) is 0 Å². The molecule has 1 aromatic rings. The van der Waals surface area contributed by atoms with E-state index in [0.29, 0.717) is 14.7 Å². The number of halogens is 2. The maximum Gasteiger partial charge on any atom is 0.172 e. The second kappa shape index (κ2) is 4.90. The van der Waals surface area contributed by atoms with Crippen LogP contribution in [0.3, 0.4) is 0 Å². The Labute approximate surface area is 85.4 Å². The number of rotatable bonds is 3. The summed E-state index contributed by atoms with van der Waals surface area (Å²) >= 11 is 11.4. The maximum absolute atomic E-state index is 5.77. The van der Waals surface area contributed by atoms with Crippen molar-refractivity contribution in [1.29, 1.82) is 0 Å². The third kappa shape index (κ3) is 2.81. The standard InChI is InChI=1S/C9H10Cl2Si/c1-7(6-12-11)8-2-4-9(10)5-3-8/h2-5,7H,6H2,1H3. The fourth-order valence-corrected chi connectivity index (χ4v) is 2.31. The summed E-state index contributed by atoms with van der Waals surface area (Å²) in [5.74, 6) is 0.540. The molecule has 12 heavy (non-hydrogen) atoms. The summed E-state index contributed by atoms with van der Waals surface area (Å²) in [5.41, 5.74) is 1.31. The number of benzene rings is 1. The van der Waals surface area contributed by atoms with E-state index < -0.39 is 0 Å². The first-order valence-corrected chi connectivity index (χ1v) is 6.42. The summed E-state index contributed by atoms with van der Waals surface area (Å²) < 4.78 is 0. The van der Waals surface area contributed by atoms with E-state index in [0.717, 1.165) is 11.1 Å². The Bertz CT molecular complexity index is 233. The molecule has 1 rings (SSSR count). The predicted octanol–water partition coefficient (Wildman–Crippen LogP) is 3.72. The molecule has 2 radical (unpaired) electrons. The molecule has 1 unspecified atom stereocenters. The van der Waals surface area contributed by atoms with Gasteiger partial charge in [-0.2, -0.15) is 11.1 Å². The molecule has 0 amide bonds. The molecule has 0 bridgehead atoms. The third-order valence-corrected chi connectivity index (χ3v) is 3.30. The van der Waals surface area contributed by atoms with Gasteiger partial charge in [0.15, 0.2) is 8.83 Å². The molecule has 0 aliphatic carbocycles. The van der Waals surface area contributed by atoms with Crippen LogP contribution >= 0.6 is 22.7 Å². The fraction of sp³-hybridized carbons (Fsp3) is 0.333. The van der Waals surface area contributed by atoms with Crippen molar-refractivity contribution >= 4 is 31.5 Å². The van der Waals surface area contributed by atoms with Crippen LogP contribution < -0.4 is 0 Å². The lowest BCUT2D eigenvalue weighted by molar-refractivity contribution is 0.862. The Kier molecular flexibility index (Phi) is 4.13. The first-order chi connectivity index (χ1) is 5.74. The molecule has 1 atom stereocenters. The number of hydrogen-bond acceptors (Lipinski definition) is 0. The van der Waals surface area contributed by atoms with Gasteiger partial charge in [-0.15, -0.1) is 0 Å². The molecule has 0 fully saturated rings. The minimum absolute atomic E-state index is 0.500. The third-order valence-electron chi connectivity index (χ3n) is 1.82. The highest BCUT2D eigenvalue weighted by Crippen LogP contribution is 2.21. The lowest BCUT2D eigenvalue weighted by Gasteiger charge is -2.08. The van der Waals surface area contributed by atoms with E-state index in [9.17, 15) is 0 Å². The molecule has 3 heteroatoms. The van der Waals surface area contributed by atoms with E-state index in [1.807, 2.05) is 12.1 Å². The van der Waals surface area contributed by atoms with E-state index in [1.165, 1.54) is 5.56 Å². The summed E-state index contributed by atoms with van der Waals surface area (Å²) in [6.45, 7) is 2.18. The van der Waals surface area contributed by atoms with Gasteiger partial charge in [-0.1, -0.05) is 30.7 Å². The Morgan fingerprint density at radius 3 is 2.42 bits per heavy atom. The smallest absolute Gasteiger partial charge is 0.171 e. The summed E-state index contributed by atoms with van der Waals surface area (Å²) in [4.78, 5) is 0. The van der Waals surface area contributed by atoms with Gasteiger partial charge in [0.2, 0.25) is 0 Å². The van der Waals surface area contributed by atoms with Crippen LogP contribution in [0, 0.1) is 0 Å².